The third-order valence-corrected chi connectivity index (χ3v) is 18.5. The summed E-state index contributed by atoms with van der Waals surface area (Å²) in [5.74, 6) is 12.3. The summed E-state index contributed by atoms with van der Waals surface area (Å²) >= 11 is 0. The Morgan fingerprint density at radius 1 is 1.00 bits per heavy atom. The summed E-state index contributed by atoms with van der Waals surface area (Å²) in [6.07, 6.45) is -1.54. The predicted octanol–water partition coefficient (Wildman–Crippen LogP) is 4.74. The lowest BCUT2D eigenvalue weighted by atomic mass is 9.87. The van der Waals surface area contributed by atoms with Gasteiger partial charge in [-0.05, 0) is 56.2 Å². The Bertz CT molecular complexity index is 1170. The van der Waals surface area contributed by atoms with Gasteiger partial charge in [0.15, 0.2) is 39.7 Å². The van der Waals surface area contributed by atoms with Gasteiger partial charge >= 0.3 is 0 Å². The molecule has 2 heterocycles. The van der Waals surface area contributed by atoms with E-state index < -0.39 is 64.1 Å². The van der Waals surface area contributed by atoms with Gasteiger partial charge in [0, 0.05) is 12.7 Å². The first-order chi connectivity index (χ1) is 18.6. The second-order valence-electron chi connectivity index (χ2n) is 15.1. The van der Waals surface area contributed by atoms with Crippen molar-refractivity contribution in [3.8, 4) is 23.7 Å². The third-order valence-electron chi connectivity index (χ3n) is 9.59. The molecule has 41 heavy (non-hydrogen) atoms. The van der Waals surface area contributed by atoms with Gasteiger partial charge in [-0.15, -0.1) is 0 Å². The first-order valence-electron chi connectivity index (χ1n) is 14.5. The number of aliphatic hydroxyl groups is 1. The molecule has 0 saturated carbocycles. The van der Waals surface area contributed by atoms with Gasteiger partial charge in [0.1, 0.15) is 31.2 Å². The van der Waals surface area contributed by atoms with E-state index in [1.165, 1.54) is 0 Å². The molecule has 0 aromatic heterocycles. The Hall–Kier alpha value is -1.03. The molecule has 2 saturated heterocycles. The highest BCUT2D eigenvalue weighted by Crippen LogP contribution is 2.51. The zero-order valence-corrected chi connectivity index (χ0v) is 29.2. The number of fused-ring (bicyclic) bond motifs is 2. The van der Waals surface area contributed by atoms with Gasteiger partial charge in [0.05, 0.1) is 6.61 Å². The Balaban J connectivity index is 1.90. The second-order valence-corrected chi connectivity index (χ2v) is 24.6. The summed E-state index contributed by atoms with van der Waals surface area (Å²) < 4.78 is 44.1. The van der Waals surface area contributed by atoms with E-state index in [1.54, 1.807) is 7.11 Å². The molecule has 0 bridgehead atoms. The SMILES string of the molecule is COCO[C@@H]1C=C2C#C[C@]3([C@H]4COC(C)(C)O4)O[C@@H]3C#C[C@@H](O)[C@@]2(O[Si](C)(C)C(C)(C)C)[C@H]1O[Si](C)(C)C(C)(C)C. The largest absolute Gasteiger partial charge is 0.407 e. The van der Waals surface area contributed by atoms with E-state index in [4.69, 9.17) is 32.5 Å². The first kappa shape index (κ1) is 32.9. The summed E-state index contributed by atoms with van der Waals surface area (Å²) in [6.45, 7) is 25.9. The van der Waals surface area contributed by atoms with Gasteiger partial charge in [-0.3, -0.25) is 0 Å². The minimum Gasteiger partial charge on any atom is -0.407 e. The fourth-order valence-corrected chi connectivity index (χ4v) is 7.73. The maximum atomic E-state index is 12.1. The van der Waals surface area contributed by atoms with E-state index in [0.717, 1.165) is 0 Å². The maximum Gasteiger partial charge on any atom is 0.196 e. The lowest BCUT2D eigenvalue weighted by molar-refractivity contribution is -0.143. The van der Waals surface area contributed by atoms with Crippen molar-refractivity contribution in [2.75, 3.05) is 20.5 Å². The van der Waals surface area contributed by atoms with Crippen molar-refractivity contribution >= 4 is 16.6 Å². The lowest BCUT2D eigenvalue weighted by Gasteiger charge is -2.51. The summed E-state index contributed by atoms with van der Waals surface area (Å²) in [5, 5.41) is 11.9. The zero-order valence-electron chi connectivity index (χ0n) is 27.2. The van der Waals surface area contributed by atoms with Crippen LogP contribution in [0.5, 0.6) is 0 Å². The van der Waals surface area contributed by atoms with Gasteiger partial charge in [-0.2, -0.15) is 0 Å². The minimum atomic E-state index is -2.54. The maximum absolute atomic E-state index is 12.1. The number of epoxide rings is 1. The molecule has 1 N–H and O–H groups in total. The monoisotopic (exact) mass is 606 g/mol. The van der Waals surface area contributed by atoms with E-state index in [1.807, 2.05) is 19.9 Å². The third kappa shape index (κ3) is 5.91. The number of methoxy groups -OCH3 is 1. The Morgan fingerprint density at radius 2 is 1.63 bits per heavy atom. The summed E-state index contributed by atoms with van der Waals surface area (Å²) in [6, 6.07) is 0. The van der Waals surface area contributed by atoms with Gasteiger partial charge in [0.2, 0.25) is 0 Å². The molecule has 0 spiro atoms. The second kappa shape index (κ2) is 10.6. The number of ether oxygens (including phenoxy) is 5. The molecule has 2 aliphatic carbocycles. The fraction of sp³-hybridized carbons (Fsp3) is 0.806. The molecule has 2 aliphatic heterocycles. The molecule has 0 aromatic rings. The fourth-order valence-electron chi connectivity index (χ4n) is 4.94. The van der Waals surface area contributed by atoms with E-state index >= 15 is 0 Å². The van der Waals surface area contributed by atoms with Crippen LogP contribution in [-0.2, 0) is 32.5 Å². The summed E-state index contributed by atoms with van der Waals surface area (Å²) in [5.41, 5.74) is -1.75. The van der Waals surface area contributed by atoms with Crippen molar-refractivity contribution in [1.82, 2.24) is 0 Å². The highest BCUT2D eigenvalue weighted by atomic mass is 28.4. The molecule has 4 aliphatic rings. The first-order valence-corrected chi connectivity index (χ1v) is 20.4. The number of hydrogen-bond donors (Lipinski definition) is 1. The molecular weight excluding hydrogens is 557 g/mol. The summed E-state index contributed by atoms with van der Waals surface area (Å²) in [7, 11) is -3.37. The molecule has 4 rings (SSSR count). The van der Waals surface area contributed by atoms with Crippen molar-refractivity contribution in [3.63, 3.8) is 0 Å². The molecule has 2 fully saturated rings. The smallest absolute Gasteiger partial charge is 0.196 e. The van der Waals surface area contributed by atoms with Crippen LogP contribution in [0.4, 0.5) is 0 Å². The van der Waals surface area contributed by atoms with E-state index in [2.05, 4.69) is 91.4 Å². The van der Waals surface area contributed by atoms with Gasteiger partial charge in [0.25, 0.3) is 0 Å². The molecule has 10 heteroatoms. The van der Waals surface area contributed by atoms with Crippen LogP contribution >= 0.6 is 0 Å². The van der Waals surface area contributed by atoms with E-state index in [-0.39, 0.29) is 16.9 Å². The molecule has 0 unspecified atom stereocenters. The van der Waals surface area contributed by atoms with Crippen molar-refractivity contribution in [1.29, 1.82) is 0 Å². The highest BCUT2D eigenvalue weighted by Gasteiger charge is 2.66. The molecular formula is C31H50O8Si2. The van der Waals surface area contributed by atoms with Crippen LogP contribution in [0, 0.1) is 23.7 Å². The molecule has 230 valence electrons. The standard InChI is InChI=1S/C31H50O8Si2/c1-27(2,3)40(10,11)38-26-22(34-20-33-9)18-21-16-17-30(25-19-35-29(7,8)36-25)24(37-30)15-14-23(32)31(21,26)39-41(12,13)28(4,5)6/h18,22-26,32H,19-20H2,1-13H3/t22-,23-,24-,25-,26+,30+,31-/m1/s1. The highest BCUT2D eigenvalue weighted by molar-refractivity contribution is 6.74. The van der Waals surface area contributed by atoms with Crippen LogP contribution in [0.25, 0.3) is 0 Å². The van der Waals surface area contributed by atoms with Crippen LogP contribution in [0.15, 0.2) is 11.6 Å². The minimum absolute atomic E-state index is 0.0502. The Labute approximate surface area is 249 Å². The predicted molar refractivity (Wildman–Crippen MR) is 162 cm³/mol. The lowest BCUT2D eigenvalue weighted by Crippen LogP contribution is -2.64. The molecule has 8 nitrogen and oxygen atoms in total. The number of hydrogen-bond acceptors (Lipinski definition) is 8. The van der Waals surface area contributed by atoms with Gasteiger partial charge in [-0.25, -0.2) is 0 Å². The molecule has 7 atom stereocenters. The van der Waals surface area contributed by atoms with Crippen molar-refractivity contribution in [2.24, 2.45) is 0 Å². The average molecular weight is 607 g/mol. The topological polar surface area (TPSA) is 88.1 Å². The van der Waals surface area contributed by atoms with Gasteiger partial charge in [-0.1, -0.05) is 65.2 Å². The van der Waals surface area contributed by atoms with Gasteiger partial charge < -0.3 is 37.6 Å². The van der Waals surface area contributed by atoms with Crippen LogP contribution < -0.4 is 0 Å². The average Bonchev–Trinajstić information content (AvgIpc) is 3.29. The quantitative estimate of drug-likeness (QED) is 0.184. The van der Waals surface area contributed by atoms with Crippen molar-refractivity contribution < 1.29 is 37.6 Å². The van der Waals surface area contributed by atoms with Crippen molar-refractivity contribution in [3.05, 3.63) is 11.6 Å². The Kier molecular flexibility index (Phi) is 8.46. The van der Waals surface area contributed by atoms with E-state index in [0.29, 0.717) is 12.2 Å². The van der Waals surface area contributed by atoms with Crippen LogP contribution in [-0.4, -0.2) is 89.8 Å². The van der Waals surface area contributed by atoms with Crippen LogP contribution in [0.2, 0.25) is 36.3 Å². The Morgan fingerprint density at radius 3 is 2.17 bits per heavy atom. The summed E-state index contributed by atoms with van der Waals surface area (Å²) in [4.78, 5) is 0. The van der Waals surface area contributed by atoms with Crippen LogP contribution in [0.1, 0.15) is 55.4 Å². The van der Waals surface area contributed by atoms with Crippen LogP contribution in [0.3, 0.4) is 0 Å². The zero-order chi connectivity index (χ0) is 30.9. The molecule has 0 aromatic carbocycles. The number of rotatable bonds is 8. The van der Waals surface area contributed by atoms with Crippen molar-refractivity contribution in [2.45, 2.75) is 139 Å². The molecule has 0 radical (unpaired) electrons. The molecule has 0 amide bonds. The normalized spacial score (nSPS) is 36.4. The van der Waals surface area contributed by atoms with E-state index in [9.17, 15) is 5.11 Å². The number of aliphatic hydroxyl groups excluding tert-OH is 1.